The Hall–Kier alpha value is -0.900. The van der Waals surface area contributed by atoms with Crippen molar-refractivity contribution in [2.75, 3.05) is 0 Å². The van der Waals surface area contributed by atoms with Crippen molar-refractivity contribution in [3.05, 3.63) is 11.9 Å². The third-order valence-corrected chi connectivity index (χ3v) is 2.47. The van der Waals surface area contributed by atoms with E-state index in [1.54, 1.807) is 0 Å². The smallest absolute Gasteiger partial charge is 0.0962 e. The Labute approximate surface area is 71.8 Å². The van der Waals surface area contributed by atoms with Gasteiger partial charge in [-0.05, 0) is 18.8 Å². The molecule has 0 spiro atoms. The van der Waals surface area contributed by atoms with Crippen LogP contribution in [0.5, 0.6) is 0 Å². The van der Waals surface area contributed by atoms with Crippen LogP contribution in [0.2, 0.25) is 0 Å². The Morgan fingerprint density at radius 2 is 2.42 bits per heavy atom. The van der Waals surface area contributed by atoms with Crippen LogP contribution in [0.1, 0.15) is 25.0 Å². The minimum atomic E-state index is 0.491. The van der Waals surface area contributed by atoms with Crippen molar-refractivity contribution in [2.24, 2.45) is 11.7 Å². The van der Waals surface area contributed by atoms with Gasteiger partial charge < -0.3 is 5.73 Å². The van der Waals surface area contributed by atoms with Crippen LogP contribution in [0.25, 0.3) is 0 Å². The van der Waals surface area contributed by atoms with Gasteiger partial charge in [-0.15, -0.1) is 5.10 Å². The van der Waals surface area contributed by atoms with Crippen molar-refractivity contribution in [1.29, 1.82) is 0 Å². The topological polar surface area (TPSA) is 56.7 Å². The van der Waals surface area contributed by atoms with E-state index in [0.717, 1.165) is 18.2 Å². The summed E-state index contributed by atoms with van der Waals surface area (Å²) in [4.78, 5) is 0. The van der Waals surface area contributed by atoms with E-state index in [-0.39, 0.29) is 0 Å². The molecular weight excluding hydrogens is 152 g/mol. The molecule has 0 unspecified atom stereocenters. The van der Waals surface area contributed by atoms with E-state index in [4.69, 9.17) is 5.73 Å². The average molecular weight is 166 g/mol. The number of hydrogen-bond acceptors (Lipinski definition) is 3. The highest BCUT2D eigenvalue weighted by Gasteiger charge is 2.18. The summed E-state index contributed by atoms with van der Waals surface area (Å²) < 4.78 is 1.91. The molecule has 0 bridgehead atoms. The predicted molar refractivity (Wildman–Crippen MR) is 45.3 cm³/mol. The SMILES string of the molecule is NCc1cn(CC2CCC2)nn1. The molecular formula is C8H14N4. The van der Waals surface area contributed by atoms with Crippen LogP contribution in [0, 0.1) is 5.92 Å². The molecule has 1 heterocycles. The third-order valence-electron chi connectivity index (χ3n) is 2.47. The fraction of sp³-hybridized carbons (Fsp3) is 0.750. The lowest BCUT2D eigenvalue weighted by molar-refractivity contribution is 0.264. The maximum Gasteiger partial charge on any atom is 0.0962 e. The Balaban J connectivity index is 1.93. The quantitative estimate of drug-likeness (QED) is 0.713. The lowest BCUT2D eigenvalue weighted by Gasteiger charge is -2.24. The largest absolute Gasteiger partial charge is 0.325 e. The van der Waals surface area contributed by atoms with Gasteiger partial charge >= 0.3 is 0 Å². The van der Waals surface area contributed by atoms with E-state index in [1.807, 2.05) is 10.9 Å². The number of nitrogens with two attached hydrogens (primary N) is 1. The molecule has 4 nitrogen and oxygen atoms in total. The van der Waals surface area contributed by atoms with Gasteiger partial charge in [0.2, 0.25) is 0 Å². The van der Waals surface area contributed by atoms with Gasteiger partial charge in [0.1, 0.15) is 0 Å². The van der Waals surface area contributed by atoms with Crippen LogP contribution < -0.4 is 5.73 Å². The maximum atomic E-state index is 5.42. The summed E-state index contributed by atoms with van der Waals surface area (Å²) in [5.41, 5.74) is 6.31. The summed E-state index contributed by atoms with van der Waals surface area (Å²) >= 11 is 0. The Morgan fingerprint density at radius 3 is 2.92 bits per heavy atom. The minimum Gasteiger partial charge on any atom is -0.325 e. The highest BCUT2D eigenvalue weighted by Crippen LogP contribution is 2.27. The van der Waals surface area contributed by atoms with E-state index in [9.17, 15) is 0 Å². The molecule has 0 atom stereocenters. The van der Waals surface area contributed by atoms with Crippen LogP contribution in [0.4, 0.5) is 0 Å². The highest BCUT2D eigenvalue weighted by atomic mass is 15.4. The van der Waals surface area contributed by atoms with Gasteiger partial charge in [-0.3, -0.25) is 4.68 Å². The summed E-state index contributed by atoms with van der Waals surface area (Å²) in [7, 11) is 0. The second-order valence-corrected chi connectivity index (χ2v) is 3.43. The van der Waals surface area contributed by atoms with E-state index in [0.29, 0.717) is 6.54 Å². The minimum absolute atomic E-state index is 0.491. The van der Waals surface area contributed by atoms with Crippen molar-refractivity contribution in [3.63, 3.8) is 0 Å². The molecule has 1 saturated carbocycles. The van der Waals surface area contributed by atoms with E-state index < -0.39 is 0 Å². The normalized spacial score (nSPS) is 17.8. The van der Waals surface area contributed by atoms with Crippen LogP contribution in [0.3, 0.4) is 0 Å². The van der Waals surface area contributed by atoms with Crippen LogP contribution >= 0.6 is 0 Å². The van der Waals surface area contributed by atoms with Crippen LogP contribution in [-0.4, -0.2) is 15.0 Å². The lowest BCUT2D eigenvalue weighted by atomic mass is 9.85. The molecule has 4 heteroatoms. The molecule has 12 heavy (non-hydrogen) atoms. The van der Waals surface area contributed by atoms with Crippen molar-refractivity contribution < 1.29 is 0 Å². The van der Waals surface area contributed by atoms with Crippen molar-refractivity contribution in [3.8, 4) is 0 Å². The van der Waals surface area contributed by atoms with Gasteiger partial charge in [-0.25, -0.2) is 0 Å². The molecule has 0 amide bonds. The first-order valence-corrected chi connectivity index (χ1v) is 4.47. The Kier molecular flexibility index (Phi) is 2.08. The fourth-order valence-corrected chi connectivity index (χ4v) is 1.46. The summed E-state index contributed by atoms with van der Waals surface area (Å²) in [6.07, 6.45) is 6.01. The zero-order chi connectivity index (χ0) is 8.39. The Morgan fingerprint density at radius 1 is 1.58 bits per heavy atom. The molecule has 0 aliphatic heterocycles. The molecule has 1 aromatic heterocycles. The number of rotatable bonds is 3. The zero-order valence-electron chi connectivity index (χ0n) is 7.11. The summed E-state index contributed by atoms with van der Waals surface area (Å²) in [6, 6.07) is 0. The molecule has 0 aromatic carbocycles. The first-order chi connectivity index (χ1) is 5.88. The second-order valence-electron chi connectivity index (χ2n) is 3.43. The molecule has 2 N–H and O–H groups in total. The fourth-order valence-electron chi connectivity index (χ4n) is 1.46. The first kappa shape index (κ1) is 7.73. The van der Waals surface area contributed by atoms with Gasteiger partial charge in [0.25, 0.3) is 0 Å². The van der Waals surface area contributed by atoms with Crippen molar-refractivity contribution in [1.82, 2.24) is 15.0 Å². The van der Waals surface area contributed by atoms with Crippen molar-refractivity contribution in [2.45, 2.75) is 32.4 Å². The number of nitrogens with zero attached hydrogens (tertiary/aromatic N) is 3. The molecule has 1 aromatic rings. The molecule has 1 aliphatic rings. The highest BCUT2D eigenvalue weighted by molar-refractivity contribution is 4.90. The molecule has 0 saturated heterocycles. The number of aromatic nitrogens is 3. The van der Waals surface area contributed by atoms with Gasteiger partial charge in [0.05, 0.1) is 5.69 Å². The number of hydrogen-bond donors (Lipinski definition) is 1. The molecule has 2 rings (SSSR count). The van der Waals surface area contributed by atoms with Crippen LogP contribution in [0.15, 0.2) is 6.20 Å². The Bertz CT molecular complexity index is 251. The van der Waals surface area contributed by atoms with Gasteiger partial charge in [-0.1, -0.05) is 11.6 Å². The van der Waals surface area contributed by atoms with Crippen LogP contribution in [-0.2, 0) is 13.1 Å². The van der Waals surface area contributed by atoms with Gasteiger partial charge in [0, 0.05) is 19.3 Å². The summed E-state index contributed by atoms with van der Waals surface area (Å²) in [5, 5.41) is 7.93. The van der Waals surface area contributed by atoms with E-state index in [2.05, 4.69) is 10.3 Å². The molecule has 66 valence electrons. The van der Waals surface area contributed by atoms with Gasteiger partial charge in [-0.2, -0.15) is 0 Å². The lowest BCUT2D eigenvalue weighted by Crippen LogP contribution is -2.18. The monoisotopic (exact) mass is 166 g/mol. The third kappa shape index (κ3) is 1.48. The average Bonchev–Trinajstić information content (AvgIpc) is 2.44. The first-order valence-electron chi connectivity index (χ1n) is 4.47. The molecule has 1 fully saturated rings. The van der Waals surface area contributed by atoms with Gasteiger partial charge in [0.15, 0.2) is 0 Å². The predicted octanol–water partition coefficient (Wildman–Crippen LogP) is 0.537. The van der Waals surface area contributed by atoms with Crippen molar-refractivity contribution >= 4 is 0 Å². The second kappa shape index (κ2) is 3.23. The zero-order valence-corrected chi connectivity index (χ0v) is 7.11. The summed E-state index contributed by atoms with van der Waals surface area (Å²) in [6.45, 7) is 1.51. The summed E-state index contributed by atoms with van der Waals surface area (Å²) in [5.74, 6) is 0.831. The van der Waals surface area contributed by atoms with E-state index >= 15 is 0 Å². The van der Waals surface area contributed by atoms with E-state index in [1.165, 1.54) is 19.3 Å². The molecule has 1 aliphatic carbocycles. The maximum absolute atomic E-state index is 5.42. The molecule has 0 radical (unpaired) electrons. The standard InChI is InChI=1S/C8H14N4/c9-4-8-6-12(11-10-8)5-7-2-1-3-7/h6-7H,1-5,9H2.